The van der Waals surface area contributed by atoms with Crippen LogP contribution in [-0.4, -0.2) is 11.1 Å². The van der Waals surface area contributed by atoms with Gasteiger partial charge in [0, 0.05) is 6.20 Å². The minimum Gasteiger partial charge on any atom is -0.489 e. The Hall–Kier alpha value is -1.56. The van der Waals surface area contributed by atoms with Gasteiger partial charge in [0.05, 0.1) is 12.3 Å². The van der Waals surface area contributed by atoms with E-state index in [2.05, 4.69) is 10.4 Å². The van der Waals surface area contributed by atoms with Crippen molar-refractivity contribution in [1.29, 1.82) is 0 Å². The number of hydrazine groups is 1. The molecule has 0 amide bonds. The summed E-state index contributed by atoms with van der Waals surface area (Å²) in [5, 5.41) is 0.317. The average molecular weight is 282 g/mol. The van der Waals surface area contributed by atoms with E-state index in [1.54, 1.807) is 24.5 Å². The largest absolute Gasteiger partial charge is 0.489 e. The molecule has 2 aromatic heterocycles. The van der Waals surface area contributed by atoms with Gasteiger partial charge in [-0.3, -0.25) is 10.8 Å². The number of rotatable bonds is 5. The van der Waals surface area contributed by atoms with E-state index in [0.717, 1.165) is 5.56 Å². The fourth-order valence-electron chi connectivity index (χ4n) is 1.76. The third-order valence-corrected chi connectivity index (χ3v) is 2.69. The Morgan fingerprint density at radius 2 is 2.16 bits per heavy atom. The van der Waals surface area contributed by atoms with Gasteiger partial charge in [-0.2, -0.15) is 0 Å². The number of nitrogens with zero attached hydrogens (tertiary/aromatic N) is 1. The maximum Gasteiger partial charge on any atom is 0.193 e. The van der Waals surface area contributed by atoms with Gasteiger partial charge >= 0.3 is 0 Å². The molecule has 2 heterocycles. The molecule has 0 spiro atoms. The molecule has 102 valence electrons. The zero-order valence-electron chi connectivity index (χ0n) is 10.8. The van der Waals surface area contributed by atoms with Crippen LogP contribution in [-0.2, 0) is 0 Å². The standard InChI is InChI=1S/C13H16ClN3O2/c1-8(2)18-10-5-9(6-16-7-10)13(17-15)11-3-4-12(14)19-11/h3-8,13,17H,15H2,1-2H3. The smallest absolute Gasteiger partial charge is 0.193 e. The normalized spacial score (nSPS) is 12.7. The lowest BCUT2D eigenvalue weighted by Crippen LogP contribution is -2.28. The second kappa shape index (κ2) is 6.06. The lowest BCUT2D eigenvalue weighted by atomic mass is 10.1. The topological polar surface area (TPSA) is 73.3 Å². The summed E-state index contributed by atoms with van der Waals surface area (Å²) < 4.78 is 11.0. The summed E-state index contributed by atoms with van der Waals surface area (Å²) in [5.41, 5.74) is 3.52. The summed E-state index contributed by atoms with van der Waals surface area (Å²) in [7, 11) is 0. The highest BCUT2D eigenvalue weighted by atomic mass is 35.5. The summed E-state index contributed by atoms with van der Waals surface area (Å²) in [6.45, 7) is 3.91. The van der Waals surface area contributed by atoms with E-state index in [4.69, 9.17) is 26.6 Å². The molecule has 0 aliphatic carbocycles. The van der Waals surface area contributed by atoms with Crippen LogP contribution in [0, 0.1) is 0 Å². The molecule has 0 saturated carbocycles. The van der Waals surface area contributed by atoms with Crippen LogP contribution in [0.1, 0.15) is 31.2 Å². The number of hydrogen-bond acceptors (Lipinski definition) is 5. The SMILES string of the molecule is CC(C)Oc1cncc(C(NN)c2ccc(Cl)o2)c1. The Morgan fingerprint density at radius 3 is 2.74 bits per heavy atom. The van der Waals surface area contributed by atoms with Crippen LogP contribution in [0.25, 0.3) is 0 Å². The first-order valence-electron chi connectivity index (χ1n) is 5.93. The van der Waals surface area contributed by atoms with Crippen LogP contribution in [0.15, 0.2) is 35.0 Å². The van der Waals surface area contributed by atoms with Gasteiger partial charge in [-0.25, -0.2) is 5.43 Å². The van der Waals surface area contributed by atoms with Crippen LogP contribution >= 0.6 is 11.6 Å². The third kappa shape index (κ3) is 3.47. The van der Waals surface area contributed by atoms with E-state index in [1.165, 1.54) is 0 Å². The van der Waals surface area contributed by atoms with Crippen molar-refractivity contribution in [3.63, 3.8) is 0 Å². The van der Waals surface area contributed by atoms with Gasteiger partial charge in [0.1, 0.15) is 17.6 Å². The van der Waals surface area contributed by atoms with Crippen molar-refractivity contribution >= 4 is 11.6 Å². The molecule has 0 fully saturated rings. The predicted molar refractivity (Wildman–Crippen MR) is 72.9 cm³/mol. The van der Waals surface area contributed by atoms with Gasteiger partial charge in [-0.05, 0) is 49.2 Å². The molecule has 0 bridgehead atoms. The first-order valence-corrected chi connectivity index (χ1v) is 6.31. The molecule has 0 saturated heterocycles. The van der Waals surface area contributed by atoms with Gasteiger partial charge < -0.3 is 9.15 Å². The minimum atomic E-state index is -0.323. The molecule has 5 nitrogen and oxygen atoms in total. The van der Waals surface area contributed by atoms with Crippen molar-refractivity contribution in [2.24, 2.45) is 5.84 Å². The predicted octanol–water partition coefficient (Wildman–Crippen LogP) is 2.67. The molecular formula is C13H16ClN3O2. The zero-order chi connectivity index (χ0) is 13.8. The van der Waals surface area contributed by atoms with Crippen LogP contribution < -0.4 is 16.0 Å². The van der Waals surface area contributed by atoms with Crippen molar-refractivity contribution in [2.75, 3.05) is 0 Å². The van der Waals surface area contributed by atoms with Crippen molar-refractivity contribution in [3.05, 3.63) is 47.1 Å². The number of nitrogens with two attached hydrogens (primary N) is 1. The highest BCUT2D eigenvalue weighted by molar-refractivity contribution is 6.28. The maximum absolute atomic E-state index is 5.77. The third-order valence-electron chi connectivity index (χ3n) is 2.48. The van der Waals surface area contributed by atoms with E-state index in [1.807, 2.05) is 19.9 Å². The Bertz CT molecular complexity index is 542. The number of ether oxygens (including phenoxy) is 1. The number of pyridine rings is 1. The van der Waals surface area contributed by atoms with E-state index in [9.17, 15) is 0 Å². The van der Waals surface area contributed by atoms with Crippen molar-refractivity contribution in [3.8, 4) is 5.75 Å². The number of halogens is 1. The molecule has 0 aliphatic heterocycles. The van der Waals surface area contributed by atoms with E-state index in [-0.39, 0.29) is 12.1 Å². The summed E-state index contributed by atoms with van der Waals surface area (Å²) in [6.07, 6.45) is 3.44. The van der Waals surface area contributed by atoms with E-state index < -0.39 is 0 Å². The lowest BCUT2D eigenvalue weighted by molar-refractivity contribution is 0.241. The highest BCUT2D eigenvalue weighted by Crippen LogP contribution is 2.27. The second-order valence-electron chi connectivity index (χ2n) is 4.36. The molecule has 19 heavy (non-hydrogen) atoms. The van der Waals surface area contributed by atoms with Crippen LogP contribution in [0.5, 0.6) is 5.75 Å². The Kier molecular flexibility index (Phi) is 4.42. The molecule has 0 aromatic carbocycles. The van der Waals surface area contributed by atoms with E-state index in [0.29, 0.717) is 16.7 Å². The Labute approximate surface area is 116 Å². The fraction of sp³-hybridized carbons (Fsp3) is 0.308. The summed E-state index contributed by atoms with van der Waals surface area (Å²) >= 11 is 5.77. The lowest BCUT2D eigenvalue weighted by Gasteiger charge is -2.15. The van der Waals surface area contributed by atoms with Gasteiger partial charge in [-0.1, -0.05) is 0 Å². The van der Waals surface area contributed by atoms with Gasteiger partial charge in [-0.15, -0.1) is 0 Å². The first-order chi connectivity index (χ1) is 9.10. The van der Waals surface area contributed by atoms with Crippen LogP contribution in [0.3, 0.4) is 0 Å². The van der Waals surface area contributed by atoms with E-state index >= 15 is 0 Å². The quantitative estimate of drug-likeness (QED) is 0.651. The number of aromatic nitrogens is 1. The average Bonchev–Trinajstić information content (AvgIpc) is 2.76. The number of hydrogen-bond donors (Lipinski definition) is 2. The fourth-order valence-corrected chi connectivity index (χ4v) is 1.91. The molecule has 1 unspecified atom stereocenters. The number of furan rings is 1. The monoisotopic (exact) mass is 281 g/mol. The Morgan fingerprint density at radius 1 is 1.37 bits per heavy atom. The molecular weight excluding hydrogens is 266 g/mol. The summed E-state index contributed by atoms with van der Waals surface area (Å²) in [4.78, 5) is 4.14. The zero-order valence-corrected chi connectivity index (χ0v) is 11.5. The summed E-state index contributed by atoms with van der Waals surface area (Å²) in [6, 6.07) is 4.98. The molecule has 2 aromatic rings. The molecule has 0 aliphatic rings. The van der Waals surface area contributed by atoms with Crippen molar-refractivity contribution < 1.29 is 9.15 Å². The summed E-state index contributed by atoms with van der Waals surface area (Å²) in [5.74, 6) is 6.88. The Balaban J connectivity index is 2.28. The van der Waals surface area contributed by atoms with Crippen molar-refractivity contribution in [2.45, 2.75) is 26.0 Å². The molecule has 3 N–H and O–H groups in total. The molecule has 2 rings (SSSR count). The second-order valence-corrected chi connectivity index (χ2v) is 4.73. The molecule has 0 radical (unpaired) electrons. The van der Waals surface area contributed by atoms with Crippen LogP contribution in [0.2, 0.25) is 5.22 Å². The van der Waals surface area contributed by atoms with Gasteiger partial charge in [0.15, 0.2) is 5.22 Å². The van der Waals surface area contributed by atoms with Crippen molar-refractivity contribution in [1.82, 2.24) is 10.4 Å². The van der Waals surface area contributed by atoms with Gasteiger partial charge in [0.2, 0.25) is 0 Å². The van der Waals surface area contributed by atoms with Crippen LogP contribution in [0.4, 0.5) is 0 Å². The molecule has 6 heteroatoms. The maximum atomic E-state index is 5.77. The first kappa shape index (κ1) is 13.9. The number of nitrogens with one attached hydrogen (secondary N) is 1. The van der Waals surface area contributed by atoms with Gasteiger partial charge in [0.25, 0.3) is 0 Å². The highest BCUT2D eigenvalue weighted by Gasteiger charge is 2.17. The minimum absolute atomic E-state index is 0.0828. The molecule has 1 atom stereocenters.